The van der Waals surface area contributed by atoms with Gasteiger partial charge in [-0.05, 0) is 75.4 Å². The van der Waals surface area contributed by atoms with Crippen LogP contribution in [0.2, 0.25) is 0 Å². The van der Waals surface area contributed by atoms with E-state index in [0.29, 0.717) is 48.2 Å². The first-order valence-corrected chi connectivity index (χ1v) is 14.4. The summed E-state index contributed by atoms with van der Waals surface area (Å²) in [7, 11) is -3.55. The van der Waals surface area contributed by atoms with Crippen LogP contribution in [0.4, 0.5) is 11.4 Å². The molecule has 0 atom stereocenters. The number of rotatable bonds is 7. The van der Waals surface area contributed by atoms with Crippen LogP contribution in [-0.4, -0.2) is 50.8 Å². The molecule has 2 aromatic carbocycles. The van der Waals surface area contributed by atoms with Crippen LogP contribution in [0.25, 0.3) is 0 Å². The molecule has 4 rings (SSSR count). The number of hydrogen-bond donors (Lipinski definition) is 1. The highest BCUT2D eigenvalue weighted by molar-refractivity contribution is 7.89. The summed E-state index contributed by atoms with van der Waals surface area (Å²) in [5, 5.41) is 2.87. The Kier molecular flexibility index (Phi) is 7.94. The van der Waals surface area contributed by atoms with Crippen LogP contribution in [0.5, 0.6) is 5.75 Å². The fourth-order valence-corrected chi connectivity index (χ4v) is 6.09. The van der Waals surface area contributed by atoms with Crippen molar-refractivity contribution < 1.29 is 22.7 Å². The maximum absolute atomic E-state index is 13.2. The van der Waals surface area contributed by atoms with Gasteiger partial charge in [-0.15, -0.1) is 0 Å². The van der Waals surface area contributed by atoms with Gasteiger partial charge in [-0.2, -0.15) is 4.31 Å². The number of nitrogens with one attached hydrogen (secondary N) is 1. The van der Waals surface area contributed by atoms with Crippen LogP contribution >= 0.6 is 0 Å². The number of nitrogens with zero attached hydrogens (tertiary/aromatic N) is 2. The summed E-state index contributed by atoms with van der Waals surface area (Å²) >= 11 is 0. The van der Waals surface area contributed by atoms with Gasteiger partial charge in [0.1, 0.15) is 12.4 Å². The molecule has 0 aliphatic carbocycles. The number of hydrogen-bond acceptors (Lipinski definition) is 5. The van der Waals surface area contributed by atoms with Crippen LogP contribution in [0.15, 0.2) is 47.4 Å². The van der Waals surface area contributed by atoms with E-state index in [9.17, 15) is 18.0 Å². The van der Waals surface area contributed by atoms with E-state index >= 15 is 0 Å². The fourth-order valence-electron chi connectivity index (χ4n) is 4.57. The van der Waals surface area contributed by atoms with Crippen molar-refractivity contribution in [2.24, 2.45) is 11.3 Å². The monoisotopic (exact) mass is 527 g/mol. The van der Waals surface area contributed by atoms with Crippen molar-refractivity contribution >= 4 is 33.2 Å². The molecule has 2 aromatic rings. The van der Waals surface area contributed by atoms with Crippen molar-refractivity contribution in [2.45, 2.75) is 58.3 Å². The third-order valence-electron chi connectivity index (χ3n) is 6.92. The van der Waals surface area contributed by atoms with E-state index < -0.39 is 15.4 Å². The average Bonchev–Trinajstić information content (AvgIpc) is 2.97. The van der Waals surface area contributed by atoms with Crippen molar-refractivity contribution in [3.05, 3.63) is 48.0 Å². The molecule has 2 amide bonds. The SMILES string of the molecule is CC(C)CCN1C(=O)C(C)(C)COc2cc(NC(=O)c3ccc(S(=O)(=O)N4CCCCC4)cc3)ccc21. The van der Waals surface area contributed by atoms with Crippen LogP contribution in [0.3, 0.4) is 0 Å². The second kappa shape index (κ2) is 10.8. The minimum atomic E-state index is -3.55. The normalized spacial score (nSPS) is 18.2. The van der Waals surface area contributed by atoms with E-state index in [-0.39, 0.29) is 23.3 Å². The third kappa shape index (κ3) is 5.99. The van der Waals surface area contributed by atoms with Crippen LogP contribution in [0.1, 0.15) is 63.7 Å². The molecule has 2 heterocycles. The molecule has 8 nitrogen and oxygen atoms in total. The molecule has 1 N–H and O–H groups in total. The van der Waals surface area contributed by atoms with Gasteiger partial charge in [-0.25, -0.2) is 8.42 Å². The minimum Gasteiger partial charge on any atom is -0.490 e. The Morgan fingerprint density at radius 2 is 1.73 bits per heavy atom. The first-order valence-electron chi connectivity index (χ1n) is 13.0. The summed E-state index contributed by atoms with van der Waals surface area (Å²) in [6.07, 6.45) is 3.64. The number of anilines is 2. The Labute approximate surface area is 220 Å². The summed E-state index contributed by atoms with van der Waals surface area (Å²) in [6, 6.07) is 11.3. The lowest BCUT2D eigenvalue weighted by Gasteiger charge is -2.28. The number of amides is 2. The second-order valence-corrected chi connectivity index (χ2v) is 12.9. The molecule has 9 heteroatoms. The van der Waals surface area contributed by atoms with Gasteiger partial charge >= 0.3 is 0 Å². The van der Waals surface area contributed by atoms with Crippen molar-refractivity contribution in [3.8, 4) is 5.75 Å². The summed E-state index contributed by atoms with van der Waals surface area (Å²) in [4.78, 5) is 28.1. The number of ether oxygens (including phenoxy) is 1. The Morgan fingerprint density at radius 1 is 1.05 bits per heavy atom. The second-order valence-electron chi connectivity index (χ2n) is 10.9. The van der Waals surface area contributed by atoms with E-state index in [2.05, 4.69) is 19.2 Å². The van der Waals surface area contributed by atoms with Gasteiger partial charge < -0.3 is 15.0 Å². The quantitative estimate of drug-likeness (QED) is 0.552. The Morgan fingerprint density at radius 3 is 2.38 bits per heavy atom. The molecule has 0 saturated carbocycles. The highest BCUT2D eigenvalue weighted by Crippen LogP contribution is 2.38. The molecule has 1 fully saturated rings. The van der Waals surface area contributed by atoms with Crippen LogP contribution < -0.4 is 15.0 Å². The molecule has 0 spiro atoms. The first-order chi connectivity index (χ1) is 17.5. The van der Waals surface area contributed by atoms with Gasteiger partial charge in [0.2, 0.25) is 15.9 Å². The zero-order valence-corrected chi connectivity index (χ0v) is 22.9. The highest BCUT2D eigenvalue weighted by Gasteiger charge is 2.37. The molecule has 2 aliphatic rings. The minimum absolute atomic E-state index is 0.0169. The molecule has 0 aromatic heterocycles. The Bertz CT molecular complexity index is 1250. The molecule has 1 saturated heterocycles. The number of fused-ring (bicyclic) bond motifs is 1. The number of carbonyl (C=O) groups excluding carboxylic acids is 2. The van der Waals surface area contributed by atoms with E-state index in [4.69, 9.17) is 4.74 Å². The smallest absolute Gasteiger partial charge is 0.255 e. The third-order valence-corrected chi connectivity index (χ3v) is 8.83. The van der Waals surface area contributed by atoms with Gasteiger partial charge in [-0.3, -0.25) is 9.59 Å². The van der Waals surface area contributed by atoms with E-state index in [1.54, 1.807) is 23.1 Å². The molecular formula is C28H37N3O5S. The largest absolute Gasteiger partial charge is 0.490 e. The first kappa shape index (κ1) is 27.1. The van der Waals surface area contributed by atoms with Gasteiger partial charge in [0.25, 0.3) is 5.91 Å². The summed E-state index contributed by atoms with van der Waals surface area (Å²) in [6.45, 7) is 9.89. The van der Waals surface area contributed by atoms with Gasteiger partial charge in [0, 0.05) is 37.0 Å². The lowest BCUT2D eigenvalue weighted by atomic mass is 9.92. The van der Waals surface area contributed by atoms with E-state index in [1.807, 2.05) is 13.8 Å². The van der Waals surface area contributed by atoms with Crippen LogP contribution in [-0.2, 0) is 14.8 Å². The number of piperidine rings is 1. The summed E-state index contributed by atoms with van der Waals surface area (Å²) in [5.74, 6) is 0.652. The number of carbonyl (C=O) groups is 2. The van der Waals surface area contributed by atoms with Crippen molar-refractivity contribution in [3.63, 3.8) is 0 Å². The Balaban J connectivity index is 1.51. The van der Waals surface area contributed by atoms with Crippen LogP contribution in [0, 0.1) is 11.3 Å². The standard InChI is InChI=1S/C28H37N3O5S/c1-20(2)14-17-31-24-13-10-22(18-25(24)36-19-28(3,4)27(31)33)29-26(32)21-8-11-23(12-9-21)37(34,35)30-15-6-5-7-16-30/h8-13,18,20H,5-7,14-17,19H2,1-4H3,(H,29,32). The van der Waals surface area contributed by atoms with Gasteiger partial charge in [-0.1, -0.05) is 20.3 Å². The van der Waals surface area contributed by atoms with Gasteiger partial charge in [0.15, 0.2) is 0 Å². The molecular weight excluding hydrogens is 490 g/mol. The number of benzene rings is 2. The Hall–Kier alpha value is -2.91. The zero-order valence-electron chi connectivity index (χ0n) is 22.1. The molecule has 0 radical (unpaired) electrons. The zero-order chi connectivity index (χ0) is 26.8. The van der Waals surface area contributed by atoms with Crippen molar-refractivity contribution in [2.75, 3.05) is 36.5 Å². The summed E-state index contributed by atoms with van der Waals surface area (Å²) < 4.78 is 33.3. The predicted molar refractivity (Wildman–Crippen MR) is 145 cm³/mol. The lowest BCUT2D eigenvalue weighted by molar-refractivity contribution is -0.127. The van der Waals surface area contributed by atoms with Gasteiger partial charge in [0.05, 0.1) is 16.0 Å². The highest BCUT2D eigenvalue weighted by atomic mass is 32.2. The molecule has 2 aliphatic heterocycles. The van der Waals surface area contributed by atoms with Crippen molar-refractivity contribution in [1.82, 2.24) is 4.31 Å². The summed E-state index contributed by atoms with van der Waals surface area (Å²) in [5.41, 5.74) is 0.907. The molecule has 0 bridgehead atoms. The maximum atomic E-state index is 13.2. The van der Waals surface area contributed by atoms with Crippen molar-refractivity contribution in [1.29, 1.82) is 0 Å². The maximum Gasteiger partial charge on any atom is 0.255 e. The van der Waals surface area contributed by atoms with E-state index in [1.165, 1.54) is 28.6 Å². The topological polar surface area (TPSA) is 96.0 Å². The predicted octanol–water partition coefficient (Wildman–Crippen LogP) is 4.91. The van der Waals surface area contributed by atoms with E-state index in [0.717, 1.165) is 25.7 Å². The molecule has 0 unspecified atom stereocenters. The number of sulfonamides is 1. The molecule has 37 heavy (non-hydrogen) atoms. The lowest BCUT2D eigenvalue weighted by Crippen LogP contribution is -2.42. The molecule has 200 valence electrons. The fraction of sp³-hybridized carbons (Fsp3) is 0.500. The average molecular weight is 528 g/mol.